The van der Waals surface area contributed by atoms with Crippen molar-refractivity contribution in [2.24, 2.45) is 0 Å². The number of H-pyrrole nitrogens is 1. The SMILES string of the molecule is CCCn1c(SCC(=O)OC(C)(C)C)n[nH]c1=O. The molecule has 6 nitrogen and oxygen atoms in total. The predicted molar refractivity (Wildman–Crippen MR) is 69.7 cm³/mol. The Hall–Kier alpha value is -1.24. The van der Waals surface area contributed by atoms with Gasteiger partial charge in [0.05, 0.1) is 5.75 Å². The van der Waals surface area contributed by atoms with Gasteiger partial charge in [0.1, 0.15) is 5.60 Å². The van der Waals surface area contributed by atoms with Crippen molar-refractivity contribution in [2.45, 2.75) is 51.4 Å². The number of aromatic amines is 1. The topological polar surface area (TPSA) is 77.0 Å². The Balaban J connectivity index is 2.59. The third-order valence-corrected chi connectivity index (χ3v) is 2.86. The van der Waals surface area contributed by atoms with Crippen molar-refractivity contribution in [3.63, 3.8) is 0 Å². The van der Waals surface area contributed by atoms with Crippen molar-refractivity contribution in [3.8, 4) is 0 Å². The number of esters is 1. The summed E-state index contributed by atoms with van der Waals surface area (Å²) in [4.78, 5) is 23.0. The quantitative estimate of drug-likeness (QED) is 0.648. The lowest BCUT2D eigenvalue weighted by molar-refractivity contribution is -0.151. The van der Waals surface area contributed by atoms with Crippen LogP contribution in [0.15, 0.2) is 9.95 Å². The van der Waals surface area contributed by atoms with E-state index in [4.69, 9.17) is 4.74 Å². The maximum Gasteiger partial charge on any atom is 0.343 e. The summed E-state index contributed by atoms with van der Waals surface area (Å²) < 4.78 is 6.70. The first kappa shape index (κ1) is 14.8. The van der Waals surface area contributed by atoms with Gasteiger partial charge in [-0.15, -0.1) is 5.10 Å². The number of rotatable bonds is 5. The summed E-state index contributed by atoms with van der Waals surface area (Å²) in [6.45, 7) is 8.01. The van der Waals surface area contributed by atoms with Gasteiger partial charge in [-0.2, -0.15) is 0 Å². The Morgan fingerprint density at radius 1 is 1.50 bits per heavy atom. The molecule has 7 heteroatoms. The first-order valence-electron chi connectivity index (χ1n) is 5.83. The molecule has 0 bridgehead atoms. The average molecular weight is 273 g/mol. The summed E-state index contributed by atoms with van der Waals surface area (Å²) in [5.74, 6) is -0.170. The van der Waals surface area contributed by atoms with E-state index in [0.717, 1.165) is 6.42 Å². The summed E-state index contributed by atoms with van der Waals surface area (Å²) in [5.41, 5.74) is -0.740. The number of hydrogen-bond donors (Lipinski definition) is 1. The van der Waals surface area contributed by atoms with Crippen molar-refractivity contribution in [1.29, 1.82) is 0 Å². The van der Waals surface area contributed by atoms with Gasteiger partial charge >= 0.3 is 11.7 Å². The number of aromatic nitrogens is 3. The summed E-state index contributed by atoms with van der Waals surface area (Å²) in [5, 5.41) is 6.78. The van der Waals surface area contributed by atoms with E-state index in [1.54, 1.807) is 0 Å². The molecule has 0 aliphatic carbocycles. The van der Waals surface area contributed by atoms with Gasteiger partial charge in [-0.3, -0.25) is 9.36 Å². The van der Waals surface area contributed by atoms with Crippen LogP contribution in [0.4, 0.5) is 0 Å². The zero-order valence-electron chi connectivity index (χ0n) is 11.1. The van der Waals surface area contributed by atoms with E-state index in [1.807, 2.05) is 27.7 Å². The van der Waals surface area contributed by atoms with Crippen LogP contribution in [-0.2, 0) is 16.1 Å². The number of thioether (sulfide) groups is 1. The molecule has 0 aromatic carbocycles. The molecule has 102 valence electrons. The van der Waals surface area contributed by atoms with Gasteiger partial charge in [0.2, 0.25) is 0 Å². The van der Waals surface area contributed by atoms with Gasteiger partial charge < -0.3 is 4.74 Å². The molecule has 0 amide bonds. The standard InChI is InChI=1S/C11H19N3O3S/c1-5-6-14-9(16)12-13-10(14)18-7-8(15)17-11(2,3)4/h5-7H2,1-4H3,(H,12,16). The van der Waals surface area contributed by atoms with Crippen LogP contribution in [0.25, 0.3) is 0 Å². The van der Waals surface area contributed by atoms with Gasteiger partial charge in [-0.05, 0) is 27.2 Å². The molecule has 0 aliphatic heterocycles. The minimum atomic E-state index is -0.494. The average Bonchev–Trinajstić information content (AvgIpc) is 2.56. The Labute approximate surface area is 110 Å². The first-order chi connectivity index (χ1) is 8.33. The highest BCUT2D eigenvalue weighted by molar-refractivity contribution is 7.99. The minimum absolute atomic E-state index is 0.144. The molecule has 18 heavy (non-hydrogen) atoms. The van der Waals surface area contributed by atoms with Crippen LogP contribution >= 0.6 is 11.8 Å². The fourth-order valence-corrected chi connectivity index (χ4v) is 2.07. The van der Waals surface area contributed by atoms with Crippen LogP contribution < -0.4 is 5.69 Å². The van der Waals surface area contributed by atoms with Gasteiger partial charge in [-0.1, -0.05) is 18.7 Å². The smallest absolute Gasteiger partial charge is 0.343 e. The second-order valence-electron chi connectivity index (χ2n) is 4.84. The molecule has 0 radical (unpaired) electrons. The van der Waals surface area contributed by atoms with Gasteiger partial charge in [0.15, 0.2) is 5.16 Å². The lowest BCUT2D eigenvalue weighted by atomic mass is 10.2. The first-order valence-corrected chi connectivity index (χ1v) is 6.82. The Kier molecular flexibility index (Phi) is 5.01. The van der Waals surface area contributed by atoms with Gasteiger partial charge in [0.25, 0.3) is 0 Å². The predicted octanol–water partition coefficient (Wildman–Crippen LogP) is 1.42. The van der Waals surface area contributed by atoms with Crippen molar-refractivity contribution in [3.05, 3.63) is 10.5 Å². The second kappa shape index (κ2) is 6.08. The fourth-order valence-electron chi connectivity index (χ4n) is 1.33. The highest BCUT2D eigenvalue weighted by Gasteiger charge is 2.17. The lowest BCUT2D eigenvalue weighted by Gasteiger charge is -2.19. The molecule has 0 unspecified atom stereocenters. The van der Waals surface area contributed by atoms with Crippen LogP contribution in [0.5, 0.6) is 0 Å². The van der Waals surface area contributed by atoms with Crippen molar-refractivity contribution < 1.29 is 9.53 Å². The summed E-state index contributed by atoms with van der Waals surface area (Å²) in [6.07, 6.45) is 0.833. The zero-order chi connectivity index (χ0) is 13.8. The highest BCUT2D eigenvalue weighted by Crippen LogP contribution is 2.15. The van der Waals surface area contributed by atoms with Crippen LogP contribution in [-0.4, -0.2) is 32.1 Å². The molecule has 0 saturated carbocycles. The van der Waals surface area contributed by atoms with E-state index >= 15 is 0 Å². The van der Waals surface area contributed by atoms with E-state index in [2.05, 4.69) is 10.2 Å². The molecule has 1 aromatic rings. The van der Waals surface area contributed by atoms with Crippen LogP contribution in [0.1, 0.15) is 34.1 Å². The molecule has 0 aliphatic rings. The van der Waals surface area contributed by atoms with Gasteiger partial charge in [0, 0.05) is 6.54 Å². The van der Waals surface area contributed by atoms with E-state index in [-0.39, 0.29) is 17.4 Å². The van der Waals surface area contributed by atoms with Crippen molar-refractivity contribution in [2.75, 3.05) is 5.75 Å². The van der Waals surface area contributed by atoms with Crippen molar-refractivity contribution >= 4 is 17.7 Å². The summed E-state index contributed by atoms with van der Waals surface area (Å²) in [6, 6.07) is 0. The maximum atomic E-state index is 11.5. The number of hydrogen-bond acceptors (Lipinski definition) is 5. The number of nitrogens with one attached hydrogen (secondary N) is 1. The Morgan fingerprint density at radius 2 is 2.17 bits per heavy atom. The molecular weight excluding hydrogens is 254 g/mol. The fraction of sp³-hybridized carbons (Fsp3) is 0.727. The van der Waals surface area contributed by atoms with E-state index < -0.39 is 5.60 Å². The monoisotopic (exact) mass is 273 g/mol. The molecule has 1 rings (SSSR count). The molecular formula is C11H19N3O3S. The van der Waals surface area contributed by atoms with Gasteiger partial charge in [-0.25, -0.2) is 9.89 Å². The molecule has 1 aromatic heterocycles. The lowest BCUT2D eigenvalue weighted by Crippen LogP contribution is -2.25. The van der Waals surface area contributed by atoms with Crippen LogP contribution in [0.3, 0.4) is 0 Å². The van der Waals surface area contributed by atoms with Crippen molar-refractivity contribution in [1.82, 2.24) is 14.8 Å². The number of carbonyl (C=O) groups excluding carboxylic acids is 1. The van der Waals surface area contributed by atoms with Crippen LogP contribution in [0, 0.1) is 0 Å². The molecule has 0 spiro atoms. The second-order valence-corrected chi connectivity index (χ2v) is 5.78. The Bertz CT molecular complexity index is 459. The number of carbonyl (C=O) groups is 1. The molecule has 0 atom stereocenters. The number of nitrogens with zero attached hydrogens (tertiary/aromatic N) is 2. The van der Waals surface area contributed by atoms with E-state index in [9.17, 15) is 9.59 Å². The minimum Gasteiger partial charge on any atom is -0.459 e. The zero-order valence-corrected chi connectivity index (χ0v) is 12.0. The largest absolute Gasteiger partial charge is 0.459 e. The third-order valence-electron chi connectivity index (χ3n) is 1.91. The highest BCUT2D eigenvalue weighted by atomic mass is 32.2. The summed E-state index contributed by atoms with van der Waals surface area (Å²) in [7, 11) is 0. The Morgan fingerprint density at radius 3 is 2.72 bits per heavy atom. The molecule has 1 heterocycles. The normalized spacial score (nSPS) is 11.6. The molecule has 1 N–H and O–H groups in total. The molecule has 0 saturated heterocycles. The maximum absolute atomic E-state index is 11.5. The molecule has 0 fully saturated rings. The number of ether oxygens (including phenoxy) is 1. The summed E-state index contributed by atoms with van der Waals surface area (Å²) >= 11 is 1.20. The van der Waals surface area contributed by atoms with Crippen LogP contribution in [0.2, 0.25) is 0 Å². The van der Waals surface area contributed by atoms with E-state index in [0.29, 0.717) is 11.7 Å². The third kappa shape index (κ3) is 4.56. The van der Waals surface area contributed by atoms with E-state index in [1.165, 1.54) is 16.3 Å².